The summed E-state index contributed by atoms with van der Waals surface area (Å²) in [5, 5.41) is 0.893. The van der Waals surface area contributed by atoms with E-state index in [-0.39, 0.29) is 17.9 Å². The largest absolute Gasteiger partial charge is 0.497 e. The van der Waals surface area contributed by atoms with Crippen LogP contribution in [0.1, 0.15) is 35.0 Å². The van der Waals surface area contributed by atoms with Gasteiger partial charge in [-0.2, -0.15) is 0 Å². The van der Waals surface area contributed by atoms with Crippen molar-refractivity contribution in [3.63, 3.8) is 0 Å². The summed E-state index contributed by atoms with van der Waals surface area (Å²) in [4.78, 5) is 30.3. The summed E-state index contributed by atoms with van der Waals surface area (Å²) in [5.41, 5.74) is 3.43. The Kier molecular flexibility index (Phi) is 6.80. The lowest BCUT2D eigenvalue weighted by Crippen LogP contribution is -2.55. The zero-order valence-electron chi connectivity index (χ0n) is 20.7. The summed E-state index contributed by atoms with van der Waals surface area (Å²) in [7, 11) is 1.64. The standard InChI is InChI=1S/C29H31N3O4/c1-21-19-30(14-15-31(21)27(33)12-11-22-7-4-3-5-8-22)28(34)26-18-24-13-16-36-29(24)32(26)20-23-9-6-10-25(17-23)35-2/h3-10,13,16-18,21H,11-12,14-15,19-20H2,1-2H3. The van der Waals surface area contributed by atoms with Crippen molar-refractivity contribution in [2.75, 3.05) is 26.7 Å². The number of ether oxygens (including phenoxy) is 1. The van der Waals surface area contributed by atoms with E-state index in [1.54, 1.807) is 13.4 Å². The maximum Gasteiger partial charge on any atom is 0.270 e. The number of carbonyl (C=O) groups excluding carboxylic acids is 2. The maximum absolute atomic E-state index is 13.7. The first kappa shape index (κ1) is 23.7. The Hall–Kier alpha value is -4.00. The summed E-state index contributed by atoms with van der Waals surface area (Å²) in [5.74, 6) is 0.856. The lowest BCUT2D eigenvalue weighted by Gasteiger charge is -2.40. The molecule has 7 heteroatoms. The number of furan rings is 1. The Balaban J connectivity index is 1.29. The molecule has 0 N–H and O–H groups in total. The SMILES string of the molecule is COc1cccc(Cn2c(C(=O)N3CCN(C(=O)CCc4ccccc4)C(C)C3)cc3ccoc32)c1. The van der Waals surface area contributed by atoms with Crippen LogP contribution in [0.15, 0.2) is 77.4 Å². The summed E-state index contributed by atoms with van der Waals surface area (Å²) in [6, 6.07) is 21.6. The number of methoxy groups -OCH3 is 1. The summed E-state index contributed by atoms with van der Waals surface area (Å²) < 4.78 is 13.0. The zero-order chi connectivity index (χ0) is 25.1. The lowest BCUT2D eigenvalue weighted by atomic mass is 10.1. The first-order valence-electron chi connectivity index (χ1n) is 12.4. The van der Waals surface area contributed by atoms with Crippen LogP contribution in [-0.2, 0) is 17.8 Å². The van der Waals surface area contributed by atoms with Gasteiger partial charge in [0.1, 0.15) is 11.4 Å². The monoisotopic (exact) mass is 485 g/mol. The second-order valence-corrected chi connectivity index (χ2v) is 9.32. The third kappa shape index (κ3) is 4.87. The average Bonchev–Trinajstić information content (AvgIpc) is 3.50. The van der Waals surface area contributed by atoms with E-state index in [0.717, 1.165) is 28.7 Å². The quantitative estimate of drug-likeness (QED) is 0.384. The smallest absolute Gasteiger partial charge is 0.270 e. The Morgan fingerprint density at radius 3 is 2.58 bits per heavy atom. The van der Waals surface area contributed by atoms with E-state index in [0.29, 0.717) is 44.0 Å². The van der Waals surface area contributed by atoms with Gasteiger partial charge in [0.05, 0.1) is 19.9 Å². The number of benzene rings is 2. The normalized spacial score (nSPS) is 15.9. The molecule has 0 aliphatic carbocycles. The van der Waals surface area contributed by atoms with Crippen molar-refractivity contribution in [2.24, 2.45) is 0 Å². The van der Waals surface area contributed by atoms with Crippen molar-refractivity contribution < 1.29 is 18.7 Å². The molecular weight excluding hydrogens is 454 g/mol. The highest BCUT2D eigenvalue weighted by Gasteiger charge is 2.31. The Labute approximate surface area is 210 Å². The fourth-order valence-electron chi connectivity index (χ4n) is 4.98. The molecule has 1 aliphatic heterocycles. The molecule has 2 amide bonds. The fourth-order valence-corrected chi connectivity index (χ4v) is 4.98. The molecule has 3 heterocycles. The van der Waals surface area contributed by atoms with Crippen molar-refractivity contribution in [3.8, 4) is 5.75 Å². The van der Waals surface area contributed by atoms with Gasteiger partial charge < -0.3 is 23.5 Å². The van der Waals surface area contributed by atoms with Crippen LogP contribution in [0.4, 0.5) is 0 Å². The number of piperazine rings is 1. The molecule has 4 aromatic rings. The van der Waals surface area contributed by atoms with E-state index in [4.69, 9.17) is 9.15 Å². The highest BCUT2D eigenvalue weighted by atomic mass is 16.5. The minimum absolute atomic E-state index is 0.0456. The van der Waals surface area contributed by atoms with Crippen LogP contribution >= 0.6 is 0 Å². The topological polar surface area (TPSA) is 67.9 Å². The van der Waals surface area contributed by atoms with Crippen LogP contribution in [0.3, 0.4) is 0 Å². The Morgan fingerprint density at radius 1 is 1.00 bits per heavy atom. The molecule has 1 aliphatic rings. The number of amides is 2. The Morgan fingerprint density at radius 2 is 1.81 bits per heavy atom. The fraction of sp³-hybridized carbons (Fsp3) is 0.310. The molecule has 7 nitrogen and oxygen atoms in total. The Bertz CT molecular complexity index is 1360. The minimum Gasteiger partial charge on any atom is -0.497 e. The molecule has 1 unspecified atom stereocenters. The van der Waals surface area contributed by atoms with Crippen LogP contribution in [0.25, 0.3) is 11.1 Å². The van der Waals surface area contributed by atoms with Gasteiger partial charge in [0.15, 0.2) is 0 Å². The summed E-state index contributed by atoms with van der Waals surface area (Å²) in [6.07, 6.45) is 2.84. The highest BCUT2D eigenvalue weighted by molar-refractivity contribution is 5.98. The number of rotatable bonds is 7. The van der Waals surface area contributed by atoms with Crippen LogP contribution < -0.4 is 4.74 Å². The van der Waals surface area contributed by atoms with Gasteiger partial charge in [0.2, 0.25) is 11.6 Å². The van der Waals surface area contributed by atoms with Gasteiger partial charge in [-0.1, -0.05) is 42.5 Å². The first-order chi connectivity index (χ1) is 17.5. The lowest BCUT2D eigenvalue weighted by molar-refractivity contribution is -0.135. The molecule has 1 fully saturated rings. The minimum atomic E-state index is -0.0486. The van der Waals surface area contributed by atoms with Crippen LogP contribution in [0.5, 0.6) is 5.75 Å². The van der Waals surface area contributed by atoms with Crippen molar-refractivity contribution in [3.05, 3.63) is 89.8 Å². The number of hydrogen-bond acceptors (Lipinski definition) is 4. The second-order valence-electron chi connectivity index (χ2n) is 9.32. The molecule has 5 rings (SSSR count). The van der Waals surface area contributed by atoms with Gasteiger partial charge in [-0.15, -0.1) is 0 Å². The maximum atomic E-state index is 13.7. The number of nitrogens with zero attached hydrogens (tertiary/aromatic N) is 3. The molecule has 2 aromatic heterocycles. The predicted octanol–water partition coefficient (Wildman–Crippen LogP) is 4.60. The van der Waals surface area contributed by atoms with E-state index in [1.165, 1.54) is 0 Å². The molecule has 0 saturated carbocycles. The molecule has 0 spiro atoms. The molecule has 2 aromatic carbocycles. The third-order valence-electron chi connectivity index (χ3n) is 6.90. The van der Waals surface area contributed by atoms with Gasteiger partial charge in [0, 0.05) is 37.5 Å². The highest BCUT2D eigenvalue weighted by Crippen LogP contribution is 2.25. The van der Waals surface area contributed by atoms with Gasteiger partial charge in [-0.05, 0) is 48.7 Å². The van der Waals surface area contributed by atoms with Gasteiger partial charge >= 0.3 is 0 Å². The van der Waals surface area contributed by atoms with E-state index in [2.05, 4.69) is 0 Å². The van der Waals surface area contributed by atoms with Crippen molar-refractivity contribution in [1.29, 1.82) is 0 Å². The second kappa shape index (κ2) is 10.3. The van der Waals surface area contributed by atoms with Crippen LogP contribution in [-0.4, -0.2) is 59.0 Å². The third-order valence-corrected chi connectivity index (χ3v) is 6.90. The number of aryl methyl sites for hydroxylation is 1. The number of hydrogen-bond donors (Lipinski definition) is 0. The van der Waals surface area contributed by atoms with Gasteiger partial charge in [-0.25, -0.2) is 0 Å². The zero-order valence-corrected chi connectivity index (χ0v) is 20.7. The van der Waals surface area contributed by atoms with E-state index in [1.807, 2.05) is 88.0 Å². The average molecular weight is 486 g/mol. The molecular formula is C29H31N3O4. The molecule has 1 saturated heterocycles. The van der Waals surface area contributed by atoms with Crippen LogP contribution in [0, 0.1) is 0 Å². The molecule has 0 bridgehead atoms. The van der Waals surface area contributed by atoms with Crippen molar-refractivity contribution >= 4 is 22.9 Å². The van der Waals surface area contributed by atoms with Gasteiger partial charge in [-0.3, -0.25) is 9.59 Å². The number of fused-ring (bicyclic) bond motifs is 1. The molecule has 1 atom stereocenters. The molecule has 0 radical (unpaired) electrons. The number of carbonyl (C=O) groups is 2. The van der Waals surface area contributed by atoms with Crippen molar-refractivity contribution in [2.45, 2.75) is 32.4 Å². The number of aromatic nitrogens is 1. The van der Waals surface area contributed by atoms with E-state index >= 15 is 0 Å². The van der Waals surface area contributed by atoms with Crippen LogP contribution in [0.2, 0.25) is 0 Å². The molecule has 186 valence electrons. The summed E-state index contributed by atoms with van der Waals surface area (Å²) in [6.45, 7) is 4.05. The van der Waals surface area contributed by atoms with Crippen molar-refractivity contribution in [1.82, 2.24) is 14.4 Å². The first-order valence-corrected chi connectivity index (χ1v) is 12.4. The predicted molar refractivity (Wildman–Crippen MR) is 138 cm³/mol. The van der Waals surface area contributed by atoms with Gasteiger partial charge in [0.25, 0.3) is 5.91 Å². The van der Waals surface area contributed by atoms with E-state index in [9.17, 15) is 9.59 Å². The summed E-state index contributed by atoms with van der Waals surface area (Å²) >= 11 is 0. The molecule has 36 heavy (non-hydrogen) atoms. The van der Waals surface area contributed by atoms with E-state index < -0.39 is 0 Å².